The number of amides is 2. The average molecular weight is 468 g/mol. The first-order chi connectivity index (χ1) is 14.8. The molecule has 9 nitrogen and oxygen atoms in total. The van der Waals surface area contributed by atoms with E-state index in [1.165, 1.54) is 24.3 Å². The maximum Gasteiger partial charge on any atom is 0.309 e. The highest BCUT2D eigenvalue weighted by atomic mass is 35.5. The molecule has 0 aromatic heterocycles. The van der Waals surface area contributed by atoms with Crippen LogP contribution in [0, 0.1) is 0 Å². The lowest BCUT2D eigenvalue weighted by Crippen LogP contribution is -2.47. The molecular weight excluding hydrogens is 446 g/mol. The van der Waals surface area contributed by atoms with Crippen LogP contribution in [0.4, 0.5) is 0 Å². The largest absolute Gasteiger partial charge is 0.497 e. The van der Waals surface area contributed by atoms with Gasteiger partial charge in [-0.25, -0.2) is 8.42 Å². The third kappa shape index (κ3) is 5.73. The van der Waals surface area contributed by atoms with E-state index >= 15 is 0 Å². The predicted octanol–water partition coefficient (Wildman–Crippen LogP) is 1.13. The van der Waals surface area contributed by atoms with Crippen LogP contribution >= 0.6 is 11.6 Å². The van der Waals surface area contributed by atoms with Gasteiger partial charge >= 0.3 is 11.8 Å². The number of carbonyl (C=O) groups excluding carboxylic acids is 2. The van der Waals surface area contributed by atoms with Crippen LogP contribution in [0.3, 0.4) is 0 Å². The van der Waals surface area contributed by atoms with E-state index in [0.29, 0.717) is 10.8 Å². The molecule has 0 bridgehead atoms. The zero-order valence-electron chi connectivity index (χ0n) is 16.7. The normalized spacial score (nSPS) is 16.6. The quantitative estimate of drug-likeness (QED) is 0.590. The van der Waals surface area contributed by atoms with Gasteiger partial charge in [0.1, 0.15) is 12.0 Å². The number of nitrogens with zero attached hydrogens (tertiary/aromatic N) is 1. The molecule has 0 saturated carbocycles. The number of rotatable bonds is 7. The highest BCUT2D eigenvalue weighted by Gasteiger charge is 2.36. The van der Waals surface area contributed by atoms with Gasteiger partial charge in [-0.1, -0.05) is 23.7 Å². The van der Waals surface area contributed by atoms with Crippen molar-refractivity contribution in [3.05, 3.63) is 59.1 Å². The molecule has 0 unspecified atom stereocenters. The first kappa shape index (κ1) is 23.0. The van der Waals surface area contributed by atoms with Gasteiger partial charge in [0.15, 0.2) is 0 Å². The lowest BCUT2D eigenvalue weighted by Gasteiger charge is -2.22. The smallest absolute Gasteiger partial charge is 0.309 e. The molecule has 31 heavy (non-hydrogen) atoms. The van der Waals surface area contributed by atoms with Crippen molar-refractivity contribution in [1.29, 1.82) is 0 Å². The van der Waals surface area contributed by atoms with E-state index in [9.17, 15) is 18.0 Å². The maximum absolute atomic E-state index is 12.8. The zero-order chi connectivity index (χ0) is 22.4. The summed E-state index contributed by atoms with van der Waals surface area (Å²) in [6, 6.07) is 12.8. The third-order valence-corrected chi connectivity index (χ3v) is 6.77. The first-order valence-corrected chi connectivity index (χ1v) is 11.2. The topological polar surface area (TPSA) is 114 Å². The number of carbonyl (C=O) groups is 2. The van der Waals surface area contributed by atoms with Crippen LogP contribution in [0.15, 0.2) is 53.4 Å². The van der Waals surface area contributed by atoms with Gasteiger partial charge in [0, 0.05) is 18.1 Å². The molecule has 2 N–H and O–H groups in total. The zero-order valence-corrected chi connectivity index (χ0v) is 18.3. The molecule has 11 heteroatoms. The Hall–Kier alpha value is -2.66. The van der Waals surface area contributed by atoms with Crippen molar-refractivity contribution in [3.8, 4) is 5.75 Å². The number of hydrogen-bond acceptors (Lipinski definition) is 6. The SMILES string of the molecule is COc1ccc(CNC(=O)C(=O)NC[C@H]2OCCN2S(=O)(=O)c2ccc(Cl)cc2)cc1. The van der Waals surface area contributed by atoms with Crippen LogP contribution in [0.2, 0.25) is 5.02 Å². The van der Waals surface area contributed by atoms with Gasteiger partial charge in [-0.15, -0.1) is 0 Å². The molecule has 0 aliphatic carbocycles. The van der Waals surface area contributed by atoms with Gasteiger partial charge < -0.3 is 20.1 Å². The molecule has 1 saturated heterocycles. The van der Waals surface area contributed by atoms with Gasteiger partial charge in [-0.2, -0.15) is 4.31 Å². The molecule has 1 atom stereocenters. The number of benzene rings is 2. The monoisotopic (exact) mass is 467 g/mol. The molecule has 2 aromatic carbocycles. The van der Waals surface area contributed by atoms with E-state index in [4.69, 9.17) is 21.1 Å². The van der Waals surface area contributed by atoms with Crippen molar-refractivity contribution >= 4 is 33.4 Å². The van der Waals surface area contributed by atoms with Crippen LogP contribution in [0.1, 0.15) is 5.56 Å². The van der Waals surface area contributed by atoms with Crippen molar-refractivity contribution in [1.82, 2.24) is 14.9 Å². The Bertz CT molecular complexity index is 1030. The number of methoxy groups -OCH3 is 1. The number of hydrogen-bond donors (Lipinski definition) is 2. The minimum atomic E-state index is -3.84. The molecule has 3 rings (SSSR count). The Labute approximate surface area is 185 Å². The second kappa shape index (κ2) is 10.1. The standard InChI is InChI=1S/C20H22ClN3O6S/c1-29-16-6-2-14(3-7-16)12-22-19(25)20(26)23-13-18-24(10-11-30-18)31(27,28)17-8-4-15(21)5-9-17/h2-9,18H,10-13H2,1H3,(H,22,25)(H,23,26)/t18-/m1/s1. The average Bonchev–Trinajstić information content (AvgIpc) is 3.26. The molecule has 1 heterocycles. The van der Waals surface area contributed by atoms with Crippen molar-refractivity contribution in [2.45, 2.75) is 17.7 Å². The lowest BCUT2D eigenvalue weighted by molar-refractivity contribution is -0.139. The fourth-order valence-corrected chi connectivity index (χ4v) is 4.59. The Kier molecular flexibility index (Phi) is 7.50. The van der Waals surface area contributed by atoms with Crippen LogP contribution in [-0.4, -0.2) is 57.6 Å². The first-order valence-electron chi connectivity index (χ1n) is 9.39. The summed E-state index contributed by atoms with van der Waals surface area (Å²) >= 11 is 5.82. The van der Waals surface area contributed by atoms with Gasteiger partial charge in [-0.05, 0) is 42.0 Å². The summed E-state index contributed by atoms with van der Waals surface area (Å²) in [6.07, 6.45) is -0.918. The van der Waals surface area contributed by atoms with Gasteiger partial charge in [0.05, 0.1) is 25.2 Å². The van der Waals surface area contributed by atoms with E-state index in [-0.39, 0.29) is 31.1 Å². The molecular formula is C20H22ClN3O6S. The summed E-state index contributed by atoms with van der Waals surface area (Å²) in [5.41, 5.74) is 0.793. The molecule has 1 fully saturated rings. The molecule has 0 spiro atoms. The molecule has 1 aliphatic rings. The maximum atomic E-state index is 12.8. The Morgan fingerprint density at radius 3 is 2.39 bits per heavy atom. The van der Waals surface area contributed by atoms with E-state index in [1.807, 2.05) is 0 Å². The summed E-state index contributed by atoms with van der Waals surface area (Å²) in [4.78, 5) is 24.2. The minimum Gasteiger partial charge on any atom is -0.497 e. The third-order valence-electron chi connectivity index (χ3n) is 4.62. The number of ether oxygens (including phenoxy) is 2. The van der Waals surface area contributed by atoms with E-state index < -0.39 is 28.1 Å². The van der Waals surface area contributed by atoms with Crippen molar-refractivity contribution in [3.63, 3.8) is 0 Å². The van der Waals surface area contributed by atoms with Crippen molar-refractivity contribution in [2.75, 3.05) is 26.8 Å². The Morgan fingerprint density at radius 1 is 1.10 bits per heavy atom. The fraction of sp³-hybridized carbons (Fsp3) is 0.300. The minimum absolute atomic E-state index is 0.0657. The van der Waals surface area contributed by atoms with Gasteiger partial charge in [0.2, 0.25) is 10.0 Å². The van der Waals surface area contributed by atoms with E-state index in [1.54, 1.807) is 31.4 Å². The van der Waals surface area contributed by atoms with Gasteiger partial charge in [0.25, 0.3) is 0 Å². The van der Waals surface area contributed by atoms with Crippen LogP contribution < -0.4 is 15.4 Å². The van der Waals surface area contributed by atoms with Crippen molar-refractivity contribution < 1.29 is 27.5 Å². The summed E-state index contributed by atoms with van der Waals surface area (Å²) in [7, 11) is -2.28. The lowest BCUT2D eigenvalue weighted by atomic mass is 10.2. The highest BCUT2D eigenvalue weighted by molar-refractivity contribution is 7.89. The second-order valence-electron chi connectivity index (χ2n) is 6.64. The van der Waals surface area contributed by atoms with Crippen LogP contribution in [0.25, 0.3) is 0 Å². The van der Waals surface area contributed by atoms with E-state index in [2.05, 4.69) is 10.6 Å². The Morgan fingerprint density at radius 2 is 1.74 bits per heavy atom. The molecule has 2 aromatic rings. The fourth-order valence-electron chi connectivity index (χ4n) is 2.95. The molecule has 1 aliphatic heterocycles. The summed E-state index contributed by atoms with van der Waals surface area (Å²) in [5.74, 6) is -1.03. The molecule has 0 radical (unpaired) electrons. The summed E-state index contributed by atoms with van der Waals surface area (Å²) in [5, 5.41) is 5.34. The highest BCUT2D eigenvalue weighted by Crippen LogP contribution is 2.23. The molecule has 2 amide bonds. The van der Waals surface area contributed by atoms with Gasteiger partial charge in [-0.3, -0.25) is 9.59 Å². The van der Waals surface area contributed by atoms with Crippen LogP contribution in [0.5, 0.6) is 5.75 Å². The summed E-state index contributed by atoms with van der Waals surface area (Å²) < 4.78 is 37.3. The molecule has 166 valence electrons. The van der Waals surface area contributed by atoms with Crippen molar-refractivity contribution in [2.24, 2.45) is 0 Å². The predicted molar refractivity (Wildman–Crippen MR) is 113 cm³/mol. The van der Waals surface area contributed by atoms with Crippen LogP contribution in [-0.2, 0) is 30.9 Å². The number of nitrogens with one attached hydrogen (secondary N) is 2. The number of halogens is 1. The Balaban J connectivity index is 1.53. The number of sulfonamides is 1. The van der Waals surface area contributed by atoms with E-state index in [0.717, 1.165) is 9.87 Å². The second-order valence-corrected chi connectivity index (χ2v) is 8.96. The summed E-state index contributed by atoms with van der Waals surface area (Å²) in [6.45, 7) is 0.307.